The second-order valence-electron chi connectivity index (χ2n) is 3.09. The molecule has 0 aliphatic heterocycles. The molecule has 0 saturated carbocycles. The molecule has 1 N–H and O–H groups in total. The van der Waals surface area contributed by atoms with Gasteiger partial charge >= 0.3 is 5.97 Å². The van der Waals surface area contributed by atoms with Gasteiger partial charge in [0.25, 0.3) is 0 Å². The molecule has 1 aromatic rings. The van der Waals surface area contributed by atoms with Crippen LogP contribution in [0.3, 0.4) is 0 Å². The number of rotatable bonds is 3. The highest BCUT2D eigenvalue weighted by atomic mass is 16.4. The number of carboxylic acids is 1. The van der Waals surface area contributed by atoms with Gasteiger partial charge in [-0.1, -0.05) is 0 Å². The van der Waals surface area contributed by atoms with Crippen LogP contribution in [0.15, 0.2) is 12.4 Å². The van der Waals surface area contributed by atoms with E-state index in [1.165, 1.54) is 0 Å². The van der Waals surface area contributed by atoms with E-state index in [1.54, 1.807) is 38.2 Å². The molecule has 0 aliphatic carbocycles. The van der Waals surface area contributed by atoms with Gasteiger partial charge in [-0.15, -0.1) is 0 Å². The quantitative estimate of drug-likeness (QED) is 0.768. The number of nitrogens with zero attached hydrogens (tertiary/aromatic N) is 3. The van der Waals surface area contributed by atoms with Crippen molar-refractivity contribution in [1.82, 2.24) is 9.97 Å². The summed E-state index contributed by atoms with van der Waals surface area (Å²) < 4.78 is 0. The number of aromatic nitrogens is 2. The van der Waals surface area contributed by atoms with Gasteiger partial charge in [0.2, 0.25) is 0 Å². The summed E-state index contributed by atoms with van der Waals surface area (Å²) in [4.78, 5) is 20.5. The van der Waals surface area contributed by atoms with E-state index in [1.807, 2.05) is 0 Å². The van der Waals surface area contributed by atoms with Crippen molar-refractivity contribution in [1.29, 1.82) is 0 Å². The van der Waals surface area contributed by atoms with Crippen molar-refractivity contribution < 1.29 is 9.90 Å². The second kappa shape index (κ2) is 4.04. The summed E-state index contributed by atoms with van der Waals surface area (Å²) in [6.07, 6.45) is 3.13. The van der Waals surface area contributed by atoms with Gasteiger partial charge in [0.05, 0.1) is 5.69 Å². The van der Waals surface area contributed by atoms with Gasteiger partial charge in [-0.2, -0.15) is 0 Å². The third kappa shape index (κ3) is 1.99. The molecule has 0 fully saturated rings. The van der Waals surface area contributed by atoms with Crippen LogP contribution in [-0.4, -0.2) is 34.1 Å². The van der Waals surface area contributed by atoms with Gasteiger partial charge < -0.3 is 10.0 Å². The lowest BCUT2D eigenvalue weighted by Gasteiger charge is -2.23. The zero-order chi connectivity index (χ0) is 10.7. The molecule has 5 heteroatoms. The van der Waals surface area contributed by atoms with Crippen molar-refractivity contribution in [2.24, 2.45) is 0 Å². The number of hydrogen-bond acceptors (Lipinski definition) is 4. The zero-order valence-electron chi connectivity index (χ0n) is 8.43. The lowest BCUT2D eigenvalue weighted by atomic mass is 10.3. The Kier molecular flexibility index (Phi) is 3.01. The molecule has 1 unspecified atom stereocenters. The van der Waals surface area contributed by atoms with Gasteiger partial charge in [0.15, 0.2) is 0 Å². The Morgan fingerprint density at radius 1 is 1.50 bits per heavy atom. The molecule has 1 aromatic heterocycles. The number of carbonyl (C=O) groups is 1. The minimum absolute atomic E-state index is 0.599. The van der Waals surface area contributed by atoms with Crippen LogP contribution in [0.4, 0.5) is 5.82 Å². The SMILES string of the molecule is Cc1nccnc1N(C)C(C)C(=O)O. The summed E-state index contributed by atoms with van der Waals surface area (Å²) >= 11 is 0. The first kappa shape index (κ1) is 10.4. The standard InChI is InChI=1S/C9H13N3O2/c1-6-8(11-5-4-10-6)12(3)7(2)9(13)14/h4-5,7H,1-3H3,(H,13,14). The Balaban J connectivity index is 2.94. The fourth-order valence-electron chi connectivity index (χ4n) is 1.10. The Hall–Kier alpha value is -1.65. The van der Waals surface area contributed by atoms with Gasteiger partial charge in [-0.05, 0) is 13.8 Å². The molecule has 0 spiro atoms. The molecule has 0 aromatic carbocycles. The summed E-state index contributed by atoms with van der Waals surface area (Å²) in [6, 6.07) is -0.606. The van der Waals surface area contributed by atoms with E-state index in [-0.39, 0.29) is 0 Å². The molecular formula is C9H13N3O2. The lowest BCUT2D eigenvalue weighted by Crippen LogP contribution is -2.36. The predicted octanol–water partition coefficient (Wildman–Crippen LogP) is 0.694. The third-order valence-corrected chi connectivity index (χ3v) is 2.13. The van der Waals surface area contributed by atoms with Crippen molar-refractivity contribution in [3.63, 3.8) is 0 Å². The fourth-order valence-corrected chi connectivity index (χ4v) is 1.10. The topological polar surface area (TPSA) is 66.3 Å². The van der Waals surface area contributed by atoms with Crippen LogP contribution >= 0.6 is 0 Å². The highest BCUT2D eigenvalue weighted by Crippen LogP contribution is 2.14. The van der Waals surface area contributed by atoms with Crippen LogP contribution in [0.25, 0.3) is 0 Å². The molecule has 76 valence electrons. The molecule has 1 heterocycles. The lowest BCUT2D eigenvalue weighted by molar-refractivity contribution is -0.138. The monoisotopic (exact) mass is 195 g/mol. The van der Waals surface area contributed by atoms with Crippen LogP contribution in [0.5, 0.6) is 0 Å². The average Bonchev–Trinajstić information content (AvgIpc) is 2.16. The Morgan fingerprint density at radius 3 is 2.57 bits per heavy atom. The van der Waals surface area contributed by atoms with E-state index in [4.69, 9.17) is 5.11 Å². The maximum Gasteiger partial charge on any atom is 0.326 e. The largest absolute Gasteiger partial charge is 0.480 e. The summed E-state index contributed by atoms with van der Waals surface area (Å²) in [5.74, 6) is -0.278. The summed E-state index contributed by atoms with van der Waals surface area (Å²) in [7, 11) is 1.69. The highest BCUT2D eigenvalue weighted by molar-refractivity contribution is 5.77. The van der Waals surface area contributed by atoms with Gasteiger partial charge in [0, 0.05) is 19.4 Å². The number of anilines is 1. The summed E-state index contributed by atoms with van der Waals surface area (Å²) in [6.45, 7) is 3.41. The average molecular weight is 195 g/mol. The van der Waals surface area contributed by atoms with Crippen molar-refractivity contribution in [3.8, 4) is 0 Å². The van der Waals surface area contributed by atoms with E-state index < -0.39 is 12.0 Å². The molecule has 0 amide bonds. The fraction of sp³-hybridized carbons (Fsp3) is 0.444. The number of likely N-dealkylation sites (N-methyl/N-ethyl adjacent to an activating group) is 1. The normalized spacial score (nSPS) is 12.2. The molecule has 0 aliphatic rings. The Bertz CT molecular complexity index is 341. The van der Waals surface area contributed by atoms with Crippen LogP contribution in [-0.2, 0) is 4.79 Å². The Labute approximate surface area is 82.4 Å². The predicted molar refractivity (Wildman–Crippen MR) is 52.3 cm³/mol. The van der Waals surface area contributed by atoms with E-state index in [2.05, 4.69) is 9.97 Å². The van der Waals surface area contributed by atoms with Crippen molar-refractivity contribution in [2.75, 3.05) is 11.9 Å². The van der Waals surface area contributed by atoms with Gasteiger partial charge in [-0.3, -0.25) is 4.98 Å². The van der Waals surface area contributed by atoms with Crippen molar-refractivity contribution in [3.05, 3.63) is 18.1 Å². The third-order valence-electron chi connectivity index (χ3n) is 2.13. The molecule has 1 atom stereocenters. The van der Waals surface area contributed by atoms with E-state index >= 15 is 0 Å². The van der Waals surface area contributed by atoms with Crippen molar-refractivity contribution >= 4 is 11.8 Å². The first-order valence-corrected chi connectivity index (χ1v) is 4.27. The molecule has 14 heavy (non-hydrogen) atoms. The first-order valence-electron chi connectivity index (χ1n) is 4.27. The molecule has 5 nitrogen and oxygen atoms in total. The Morgan fingerprint density at radius 2 is 2.07 bits per heavy atom. The van der Waals surface area contributed by atoms with Crippen LogP contribution < -0.4 is 4.90 Å². The van der Waals surface area contributed by atoms with E-state index in [0.29, 0.717) is 5.82 Å². The van der Waals surface area contributed by atoms with Gasteiger partial charge in [-0.25, -0.2) is 9.78 Å². The molecule has 0 bridgehead atoms. The van der Waals surface area contributed by atoms with Crippen LogP contribution in [0.1, 0.15) is 12.6 Å². The number of aryl methyl sites for hydroxylation is 1. The van der Waals surface area contributed by atoms with Crippen LogP contribution in [0, 0.1) is 6.92 Å². The zero-order valence-corrected chi connectivity index (χ0v) is 8.43. The number of hydrogen-bond donors (Lipinski definition) is 1. The minimum Gasteiger partial charge on any atom is -0.480 e. The van der Waals surface area contributed by atoms with E-state index in [0.717, 1.165) is 5.69 Å². The molecule has 1 rings (SSSR count). The minimum atomic E-state index is -0.877. The van der Waals surface area contributed by atoms with E-state index in [9.17, 15) is 4.79 Å². The second-order valence-corrected chi connectivity index (χ2v) is 3.09. The number of aliphatic carboxylic acids is 1. The van der Waals surface area contributed by atoms with Crippen molar-refractivity contribution in [2.45, 2.75) is 19.9 Å². The smallest absolute Gasteiger partial charge is 0.326 e. The van der Waals surface area contributed by atoms with Gasteiger partial charge in [0.1, 0.15) is 11.9 Å². The molecular weight excluding hydrogens is 182 g/mol. The number of carboxylic acid groups (broad SMARTS) is 1. The maximum absolute atomic E-state index is 10.7. The summed E-state index contributed by atoms with van der Waals surface area (Å²) in [5, 5.41) is 8.81. The van der Waals surface area contributed by atoms with Crippen LogP contribution in [0.2, 0.25) is 0 Å². The first-order chi connectivity index (χ1) is 6.54. The maximum atomic E-state index is 10.7. The highest BCUT2D eigenvalue weighted by Gasteiger charge is 2.19. The molecule has 0 radical (unpaired) electrons. The summed E-state index contributed by atoms with van der Waals surface area (Å²) in [5.41, 5.74) is 0.725. The molecule has 0 saturated heterocycles.